The van der Waals surface area contributed by atoms with Gasteiger partial charge in [-0.15, -0.1) is 12.4 Å². The van der Waals surface area contributed by atoms with Crippen molar-refractivity contribution in [1.29, 1.82) is 0 Å². The maximum absolute atomic E-state index is 6.44. The Morgan fingerprint density at radius 2 is 2.05 bits per heavy atom. The zero-order valence-electron chi connectivity index (χ0n) is 12.5. The first-order valence-corrected chi connectivity index (χ1v) is 7.57. The maximum atomic E-state index is 6.44. The summed E-state index contributed by atoms with van der Waals surface area (Å²) in [6.07, 6.45) is 4.45. The molecule has 4 heteroatoms. The molecule has 1 aromatic rings. The minimum atomic E-state index is 0. The van der Waals surface area contributed by atoms with E-state index in [9.17, 15) is 0 Å². The molecule has 0 aromatic heterocycles. The standard InChI is InChI=1S/C16H24ClNO.ClH/c1-4-13(18)8-14-10(2)7-15(16(17)11(14)3)19-9-12-5-6-12;/h7,12-13H,4-6,8-9,18H2,1-3H3;1H. The lowest BCUT2D eigenvalue weighted by molar-refractivity contribution is 0.299. The van der Waals surface area contributed by atoms with Crippen molar-refractivity contribution in [1.82, 2.24) is 0 Å². The van der Waals surface area contributed by atoms with Crippen LogP contribution in [-0.4, -0.2) is 12.6 Å². The van der Waals surface area contributed by atoms with Crippen LogP contribution >= 0.6 is 24.0 Å². The molecule has 1 aliphatic rings. The molecule has 114 valence electrons. The summed E-state index contributed by atoms with van der Waals surface area (Å²) in [6, 6.07) is 2.27. The van der Waals surface area contributed by atoms with E-state index in [-0.39, 0.29) is 18.4 Å². The van der Waals surface area contributed by atoms with Gasteiger partial charge in [-0.3, -0.25) is 0 Å². The molecule has 0 bridgehead atoms. The molecule has 0 radical (unpaired) electrons. The predicted molar refractivity (Wildman–Crippen MR) is 88.4 cm³/mol. The second-order valence-corrected chi connectivity index (χ2v) is 6.11. The van der Waals surface area contributed by atoms with Crippen LogP contribution in [-0.2, 0) is 6.42 Å². The molecule has 2 N–H and O–H groups in total. The quantitative estimate of drug-likeness (QED) is 0.841. The van der Waals surface area contributed by atoms with Crippen molar-refractivity contribution < 1.29 is 4.74 Å². The van der Waals surface area contributed by atoms with Crippen LogP contribution in [0.4, 0.5) is 0 Å². The van der Waals surface area contributed by atoms with E-state index < -0.39 is 0 Å². The second kappa shape index (κ2) is 7.53. The summed E-state index contributed by atoms with van der Waals surface area (Å²) >= 11 is 6.44. The first-order valence-electron chi connectivity index (χ1n) is 7.19. The first kappa shape index (κ1) is 17.6. The van der Waals surface area contributed by atoms with Crippen LogP contribution in [0.25, 0.3) is 0 Å². The van der Waals surface area contributed by atoms with E-state index in [2.05, 4.69) is 26.8 Å². The molecule has 0 amide bonds. The minimum Gasteiger partial charge on any atom is -0.492 e. The number of rotatable bonds is 6. The summed E-state index contributed by atoms with van der Waals surface area (Å²) in [5, 5.41) is 0.754. The molecule has 1 unspecified atom stereocenters. The summed E-state index contributed by atoms with van der Waals surface area (Å²) in [5.41, 5.74) is 9.69. The Bertz CT molecular complexity index is 458. The van der Waals surface area contributed by atoms with Crippen molar-refractivity contribution in [2.24, 2.45) is 11.7 Å². The Hall–Kier alpha value is -0.440. The molecule has 1 saturated carbocycles. The van der Waals surface area contributed by atoms with Gasteiger partial charge in [0.15, 0.2) is 0 Å². The van der Waals surface area contributed by atoms with Gasteiger partial charge in [-0.25, -0.2) is 0 Å². The lowest BCUT2D eigenvalue weighted by Gasteiger charge is -2.18. The number of hydrogen-bond donors (Lipinski definition) is 1. The molecule has 0 heterocycles. The number of nitrogens with two attached hydrogens (primary N) is 1. The number of halogens is 2. The maximum Gasteiger partial charge on any atom is 0.138 e. The lowest BCUT2D eigenvalue weighted by Crippen LogP contribution is -2.22. The molecule has 20 heavy (non-hydrogen) atoms. The number of benzene rings is 1. The average Bonchev–Trinajstić information content (AvgIpc) is 3.21. The highest BCUT2D eigenvalue weighted by Crippen LogP contribution is 2.36. The molecule has 1 fully saturated rings. The predicted octanol–water partition coefficient (Wildman–Crippen LogP) is 4.45. The normalized spacial score (nSPS) is 15.7. The van der Waals surface area contributed by atoms with E-state index in [0.717, 1.165) is 41.7 Å². The highest BCUT2D eigenvalue weighted by molar-refractivity contribution is 6.33. The van der Waals surface area contributed by atoms with Crippen molar-refractivity contribution in [3.63, 3.8) is 0 Å². The third-order valence-corrected chi connectivity index (χ3v) is 4.45. The van der Waals surface area contributed by atoms with Gasteiger partial charge < -0.3 is 10.5 Å². The molecular formula is C16H25Cl2NO. The number of hydrogen-bond acceptors (Lipinski definition) is 2. The van der Waals surface area contributed by atoms with Gasteiger partial charge >= 0.3 is 0 Å². The van der Waals surface area contributed by atoms with Crippen LogP contribution in [0.2, 0.25) is 5.02 Å². The Morgan fingerprint density at radius 3 is 2.60 bits per heavy atom. The van der Waals surface area contributed by atoms with Crippen molar-refractivity contribution in [3.8, 4) is 5.75 Å². The lowest BCUT2D eigenvalue weighted by atomic mass is 9.95. The summed E-state index contributed by atoms with van der Waals surface area (Å²) in [7, 11) is 0. The van der Waals surface area contributed by atoms with Gasteiger partial charge in [-0.1, -0.05) is 18.5 Å². The largest absolute Gasteiger partial charge is 0.492 e. The van der Waals surface area contributed by atoms with Crippen LogP contribution in [0.15, 0.2) is 6.07 Å². The third kappa shape index (κ3) is 4.28. The van der Waals surface area contributed by atoms with Gasteiger partial charge in [-0.05, 0) is 68.2 Å². The Kier molecular flexibility index (Phi) is 6.63. The zero-order chi connectivity index (χ0) is 14.0. The van der Waals surface area contributed by atoms with Crippen molar-refractivity contribution in [3.05, 3.63) is 27.8 Å². The van der Waals surface area contributed by atoms with E-state index in [4.69, 9.17) is 22.1 Å². The zero-order valence-corrected chi connectivity index (χ0v) is 14.1. The average molecular weight is 318 g/mol. The fourth-order valence-electron chi connectivity index (χ4n) is 2.28. The highest BCUT2D eigenvalue weighted by Gasteiger charge is 2.23. The summed E-state index contributed by atoms with van der Waals surface area (Å²) in [4.78, 5) is 0. The SMILES string of the molecule is CCC(N)Cc1c(C)cc(OCC2CC2)c(Cl)c1C.Cl. The van der Waals surface area contributed by atoms with Crippen LogP contribution < -0.4 is 10.5 Å². The molecule has 1 aliphatic carbocycles. The first-order chi connectivity index (χ1) is 9.02. The summed E-state index contributed by atoms with van der Waals surface area (Å²) in [5.74, 6) is 1.57. The molecule has 2 nitrogen and oxygen atoms in total. The Labute approximate surface area is 133 Å². The van der Waals surface area contributed by atoms with E-state index in [0.29, 0.717) is 0 Å². The molecule has 1 aromatic carbocycles. The van der Waals surface area contributed by atoms with E-state index in [1.54, 1.807) is 0 Å². The molecular weight excluding hydrogens is 293 g/mol. The monoisotopic (exact) mass is 317 g/mol. The molecule has 1 atom stereocenters. The van der Waals surface area contributed by atoms with Crippen LogP contribution in [0, 0.1) is 19.8 Å². The molecule has 0 aliphatic heterocycles. The van der Waals surface area contributed by atoms with Crippen LogP contribution in [0.3, 0.4) is 0 Å². The van der Waals surface area contributed by atoms with E-state index in [1.165, 1.54) is 24.0 Å². The number of aryl methyl sites for hydroxylation is 1. The fraction of sp³-hybridized carbons (Fsp3) is 0.625. The summed E-state index contributed by atoms with van der Waals surface area (Å²) < 4.78 is 5.85. The topological polar surface area (TPSA) is 35.2 Å². The van der Waals surface area contributed by atoms with E-state index >= 15 is 0 Å². The Balaban J connectivity index is 0.00000200. The number of ether oxygens (including phenoxy) is 1. The molecule has 0 spiro atoms. The van der Waals surface area contributed by atoms with Crippen LogP contribution in [0.1, 0.15) is 42.9 Å². The van der Waals surface area contributed by atoms with E-state index in [1.807, 2.05) is 0 Å². The Morgan fingerprint density at radius 1 is 1.40 bits per heavy atom. The van der Waals surface area contributed by atoms with Crippen LogP contribution in [0.5, 0.6) is 5.75 Å². The second-order valence-electron chi connectivity index (χ2n) is 5.74. The third-order valence-electron chi connectivity index (χ3n) is 3.98. The smallest absolute Gasteiger partial charge is 0.138 e. The fourth-order valence-corrected chi connectivity index (χ4v) is 2.50. The van der Waals surface area contributed by atoms with Gasteiger partial charge in [0, 0.05) is 6.04 Å². The molecule has 2 rings (SSSR count). The van der Waals surface area contributed by atoms with Gasteiger partial charge in [-0.2, -0.15) is 0 Å². The van der Waals surface area contributed by atoms with Gasteiger partial charge in [0.1, 0.15) is 5.75 Å². The van der Waals surface area contributed by atoms with Crippen molar-refractivity contribution >= 4 is 24.0 Å². The van der Waals surface area contributed by atoms with Crippen molar-refractivity contribution in [2.45, 2.75) is 52.5 Å². The molecule has 0 saturated heterocycles. The van der Waals surface area contributed by atoms with Gasteiger partial charge in [0.25, 0.3) is 0 Å². The van der Waals surface area contributed by atoms with Crippen molar-refractivity contribution in [2.75, 3.05) is 6.61 Å². The van der Waals surface area contributed by atoms with Gasteiger partial charge in [0.05, 0.1) is 11.6 Å². The summed E-state index contributed by atoms with van der Waals surface area (Å²) in [6.45, 7) is 7.10. The highest BCUT2D eigenvalue weighted by atomic mass is 35.5. The van der Waals surface area contributed by atoms with Gasteiger partial charge in [0.2, 0.25) is 0 Å². The minimum absolute atomic E-state index is 0.